The van der Waals surface area contributed by atoms with E-state index in [-0.39, 0.29) is 31.5 Å². The summed E-state index contributed by atoms with van der Waals surface area (Å²) in [5, 5.41) is 6.06. The Morgan fingerprint density at radius 3 is 2.97 bits per heavy atom. The van der Waals surface area contributed by atoms with Gasteiger partial charge in [-0.1, -0.05) is 18.2 Å². The van der Waals surface area contributed by atoms with Gasteiger partial charge < -0.3 is 20.3 Å². The van der Waals surface area contributed by atoms with Gasteiger partial charge >= 0.3 is 0 Å². The number of pyridine rings is 1. The Morgan fingerprint density at radius 2 is 2.23 bits per heavy atom. The third kappa shape index (κ3) is 4.71. The SMILES string of the molecule is COc1cccc(CNC(=O)/C(C=NCc2cn3cc(C4CC4)ccc3n2)=N/N)c1F.[HH]. The number of halogens is 1. The molecule has 2 heterocycles. The van der Waals surface area contributed by atoms with E-state index in [0.717, 1.165) is 11.3 Å². The number of hydrazone groups is 1. The molecule has 0 radical (unpaired) electrons. The van der Waals surface area contributed by atoms with Gasteiger partial charge in [-0.25, -0.2) is 9.37 Å². The number of hydrogen-bond donors (Lipinski definition) is 2. The summed E-state index contributed by atoms with van der Waals surface area (Å²) in [6.45, 7) is 0.238. The first-order valence-electron chi connectivity index (χ1n) is 9.94. The average molecular weight is 424 g/mol. The van der Waals surface area contributed by atoms with E-state index < -0.39 is 11.7 Å². The standard InChI is InChI=1S/C22H23FN6O2.H2/c1-31-19-4-2-3-15(21(19)23)9-26-22(30)18(28-24)11-25-10-17-13-29-12-16(14-5-6-14)7-8-20(29)27-17;/h2-4,7-8,11-14H,5-6,9-10,24H2,1H3,(H,26,30);1H/b25-11?,28-18+;. The van der Waals surface area contributed by atoms with Crippen LogP contribution in [0.4, 0.5) is 4.39 Å². The maximum atomic E-state index is 14.2. The van der Waals surface area contributed by atoms with E-state index in [9.17, 15) is 9.18 Å². The molecule has 1 fully saturated rings. The maximum Gasteiger partial charge on any atom is 0.273 e. The number of benzene rings is 1. The second-order valence-corrected chi connectivity index (χ2v) is 7.33. The summed E-state index contributed by atoms with van der Waals surface area (Å²) in [6, 6.07) is 8.82. The third-order valence-corrected chi connectivity index (χ3v) is 5.11. The lowest BCUT2D eigenvalue weighted by Crippen LogP contribution is -2.32. The van der Waals surface area contributed by atoms with Crippen molar-refractivity contribution in [1.29, 1.82) is 0 Å². The number of aromatic nitrogens is 2. The molecule has 1 aliphatic carbocycles. The highest BCUT2D eigenvalue weighted by molar-refractivity contribution is 6.60. The lowest BCUT2D eigenvalue weighted by molar-refractivity contribution is -0.114. The van der Waals surface area contributed by atoms with E-state index in [1.54, 1.807) is 12.1 Å². The summed E-state index contributed by atoms with van der Waals surface area (Å²) in [4.78, 5) is 21.1. The Kier molecular flexibility index (Phi) is 5.92. The van der Waals surface area contributed by atoms with E-state index >= 15 is 0 Å². The second kappa shape index (κ2) is 8.95. The normalized spacial score (nSPS) is 14.3. The van der Waals surface area contributed by atoms with E-state index in [1.165, 1.54) is 37.8 Å². The predicted molar refractivity (Wildman–Crippen MR) is 118 cm³/mol. The van der Waals surface area contributed by atoms with Gasteiger partial charge in [0, 0.05) is 25.9 Å². The summed E-state index contributed by atoms with van der Waals surface area (Å²) in [6.07, 6.45) is 7.79. The molecule has 0 bridgehead atoms. The lowest BCUT2D eigenvalue weighted by atomic mass is 10.2. The first-order chi connectivity index (χ1) is 15.1. The van der Waals surface area contributed by atoms with Crippen LogP contribution in [0.15, 0.2) is 52.8 Å². The quantitative estimate of drug-likeness (QED) is 0.329. The highest BCUT2D eigenvalue weighted by Gasteiger charge is 2.23. The van der Waals surface area contributed by atoms with Gasteiger partial charge in [0.25, 0.3) is 5.91 Å². The minimum Gasteiger partial charge on any atom is -0.494 e. The number of nitrogens with one attached hydrogen (secondary N) is 1. The van der Waals surface area contributed by atoms with Crippen LogP contribution in [0.1, 0.15) is 37.0 Å². The van der Waals surface area contributed by atoms with Crippen molar-refractivity contribution in [1.82, 2.24) is 14.7 Å². The van der Waals surface area contributed by atoms with E-state index in [4.69, 9.17) is 10.6 Å². The number of fused-ring (bicyclic) bond motifs is 1. The molecule has 2 aromatic heterocycles. The van der Waals surface area contributed by atoms with Crippen molar-refractivity contribution in [3.63, 3.8) is 0 Å². The lowest BCUT2D eigenvalue weighted by Gasteiger charge is -2.08. The number of amides is 1. The molecule has 31 heavy (non-hydrogen) atoms. The zero-order valence-electron chi connectivity index (χ0n) is 17.1. The maximum absolute atomic E-state index is 14.2. The number of carbonyl (C=O) groups is 1. The topological polar surface area (TPSA) is 106 Å². The average Bonchev–Trinajstić information content (AvgIpc) is 3.55. The molecule has 8 nitrogen and oxygen atoms in total. The highest BCUT2D eigenvalue weighted by Crippen LogP contribution is 2.39. The Balaban J connectivity index is 0.00000289. The monoisotopic (exact) mass is 424 g/mol. The highest BCUT2D eigenvalue weighted by atomic mass is 19.1. The van der Waals surface area contributed by atoms with Gasteiger partial charge in [0.15, 0.2) is 17.3 Å². The van der Waals surface area contributed by atoms with Gasteiger partial charge in [-0.3, -0.25) is 9.79 Å². The summed E-state index contributed by atoms with van der Waals surface area (Å²) < 4.78 is 21.1. The number of nitrogens with zero attached hydrogens (tertiary/aromatic N) is 4. The number of imidazole rings is 1. The summed E-state index contributed by atoms with van der Waals surface area (Å²) in [5.74, 6) is 5.02. The minimum atomic E-state index is -0.558. The van der Waals surface area contributed by atoms with Crippen LogP contribution >= 0.6 is 0 Å². The second-order valence-electron chi connectivity index (χ2n) is 7.33. The largest absolute Gasteiger partial charge is 0.494 e. The van der Waals surface area contributed by atoms with Crippen molar-refractivity contribution in [3.05, 3.63) is 65.4 Å². The van der Waals surface area contributed by atoms with Crippen molar-refractivity contribution >= 4 is 23.5 Å². The molecular weight excluding hydrogens is 399 g/mol. The Morgan fingerprint density at radius 1 is 1.39 bits per heavy atom. The zero-order chi connectivity index (χ0) is 21.8. The van der Waals surface area contributed by atoms with Gasteiger partial charge in [0.05, 0.1) is 25.6 Å². The van der Waals surface area contributed by atoms with Gasteiger partial charge in [-0.05, 0) is 36.5 Å². The van der Waals surface area contributed by atoms with Crippen LogP contribution in [0.25, 0.3) is 5.65 Å². The molecule has 9 heteroatoms. The van der Waals surface area contributed by atoms with Crippen LogP contribution in [0.3, 0.4) is 0 Å². The Bertz CT molecular complexity index is 1170. The Labute approximate surface area is 180 Å². The van der Waals surface area contributed by atoms with E-state index in [2.05, 4.69) is 32.7 Å². The fourth-order valence-electron chi connectivity index (χ4n) is 3.29. The molecular formula is C22H25FN6O2. The van der Waals surface area contributed by atoms with Crippen LogP contribution in [-0.4, -0.2) is 34.3 Å². The molecule has 0 aliphatic heterocycles. The zero-order valence-corrected chi connectivity index (χ0v) is 17.1. The minimum absolute atomic E-state index is 0. The third-order valence-electron chi connectivity index (χ3n) is 5.11. The first kappa shape index (κ1) is 20.5. The molecule has 1 amide bonds. The molecule has 4 rings (SSSR count). The smallest absolute Gasteiger partial charge is 0.273 e. The summed E-state index contributed by atoms with van der Waals surface area (Å²) >= 11 is 0. The molecule has 1 aromatic carbocycles. The molecule has 0 saturated heterocycles. The van der Waals surface area contributed by atoms with E-state index in [1.807, 2.05) is 16.7 Å². The molecule has 3 N–H and O–H groups in total. The van der Waals surface area contributed by atoms with Crippen molar-refractivity contribution in [3.8, 4) is 5.75 Å². The Hall–Kier alpha value is -3.75. The molecule has 0 unspecified atom stereocenters. The molecule has 0 atom stereocenters. The number of ether oxygens (including phenoxy) is 1. The number of rotatable bonds is 8. The molecule has 3 aromatic rings. The van der Waals surface area contributed by atoms with Crippen LogP contribution in [0.2, 0.25) is 0 Å². The van der Waals surface area contributed by atoms with Crippen molar-refractivity contribution in [2.75, 3.05) is 7.11 Å². The molecule has 1 saturated carbocycles. The van der Waals surface area contributed by atoms with Crippen LogP contribution in [-0.2, 0) is 17.9 Å². The van der Waals surface area contributed by atoms with Crippen molar-refractivity contribution in [2.24, 2.45) is 15.9 Å². The number of hydrogen-bond acceptors (Lipinski definition) is 6. The van der Waals surface area contributed by atoms with Gasteiger partial charge in [-0.2, -0.15) is 5.10 Å². The number of aliphatic imine (C=N–C) groups is 1. The predicted octanol–water partition coefficient (Wildman–Crippen LogP) is 2.81. The number of methoxy groups -OCH3 is 1. The number of nitrogens with two attached hydrogens (primary N) is 1. The summed E-state index contributed by atoms with van der Waals surface area (Å²) in [5.41, 5.74) is 3.15. The van der Waals surface area contributed by atoms with Gasteiger partial charge in [0.1, 0.15) is 5.65 Å². The van der Waals surface area contributed by atoms with Crippen molar-refractivity contribution in [2.45, 2.75) is 31.8 Å². The molecule has 162 valence electrons. The number of carbonyl (C=O) groups excluding carboxylic acids is 1. The summed E-state index contributed by atoms with van der Waals surface area (Å²) in [7, 11) is 1.38. The fourth-order valence-corrected chi connectivity index (χ4v) is 3.29. The van der Waals surface area contributed by atoms with Crippen LogP contribution in [0.5, 0.6) is 5.75 Å². The van der Waals surface area contributed by atoms with Crippen LogP contribution in [0, 0.1) is 5.82 Å². The van der Waals surface area contributed by atoms with Gasteiger partial charge in [-0.15, -0.1) is 0 Å². The van der Waals surface area contributed by atoms with E-state index in [0.29, 0.717) is 5.92 Å². The first-order valence-corrected chi connectivity index (χ1v) is 9.94. The van der Waals surface area contributed by atoms with Gasteiger partial charge in [0.2, 0.25) is 0 Å². The molecule has 0 spiro atoms. The molecule has 1 aliphatic rings. The fraction of sp³-hybridized carbons (Fsp3) is 0.273. The van der Waals surface area contributed by atoms with Crippen LogP contribution < -0.4 is 15.9 Å². The van der Waals surface area contributed by atoms with Crippen molar-refractivity contribution < 1.29 is 15.3 Å².